The Balaban J connectivity index is 0. The maximum atomic E-state index is 12.4. The Bertz CT molecular complexity index is 465. The van der Waals surface area contributed by atoms with Crippen molar-refractivity contribution in [2.75, 3.05) is 6.67 Å². The van der Waals surface area contributed by atoms with E-state index in [1.54, 1.807) is 0 Å². The van der Waals surface area contributed by atoms with E-state index in [0.717, 1.165) is 6.08 Å². The van der Waals surface area contributed by atoms with Gasteiger partial charge in [0.25, 0.3) is 0 Å². The Kier molecular flexibility index (Phi) is 10.3. The number of rotatable bonds is 7. The molecule has 0 radical (unpaired) electrons. The van der Waals surface area contributed by atoms with Crippen molar-refractivity contribution in [3.8, 4) is 0 Å². The molecule has 0 rings (SSSR count). The number of aldehydes is 2. The van der Waals surface area contributed by atoms with E-state index >= 15 is 0 Å². The lowest BCUT2D eigenvalue weighted by Gasteiger charge is -2.25. The fourth-order valence-electron chi connectivity index (χ4n) is 0.965. The number of allylic oxidation sites excluding steroid dienone is 4. The minimum Gasteiger partial charge on any atom is -0.298 e. The third-order valence-corrected chi connectivity index (χ3v) is 2.16. The zero-order valence-corrected chi connectivity index (χ0v) is 12.1. The minimum atomic E-state index is -6.38. The summed E-state index contributed by atoms with van der Waals surface area (Å²) in [6, 6.07) is 0. The van der Waals surface area contributed by atoms with Gasteiger partial charge in [-0.25, -0.2) is 4.39 Å². The number of hydrogen-bond acceptors (Lipinski definition) is 2. The fraction of sp³-hybridized carbons (Fsp3) is 0.538. The molecule has 0 fully saturated rings. The number of unbranched alkanes of at least 4 members (excludes halogenated alkanes) is 1. The summed E-state index contributed by atoms with van der Waals surface area (Å²) in [5.41, 5.74) is -0.913. The van der Waals surface area contributed by atoms with Gasteiger partial charge >= 0.3 is 18.0 Å². The Morgan fingerprint density at radius 1 is 0.958 bits per heavy atom. The highest BCUT2D eigenvalue weighted by molar-refractivity contribution is 5.72. The van der Waals surface area contributed by atoms with Crippen LogP contribution in [0.4, 0.5) is 39.5 Å². The van der Waals surface area contributed by atoms with Crippen LogP contribution < -0.4 is 0 Å². The van der Waals surface area contributed by atoms with Gasteiger partial charge in [-0.1, -0.05) is 0 Å². The molecule has 0 saturated heterocycles. The standard InChI is InChI=1S/C7H5F7O.C6H8F2O/c1-4(3-15)2-5(8,9)6(10,11)7(12,13)14;7-4-2-1-3-6(8)5-9/h2-3H,1H3;3,5H,1-2,4H2. The third-order valence-electron chi connectivity index (χ3n) is 2.16. The highest BCUT2D eigenvalue weighted by atomic mass is 19.4. The van der Waals surface area contributed by atoms with Gasteiger partial charge in [0, 0.05) is 0 Å². The highest BCUT2D eigenvalue weighted by Crippen LogP contribution is 2.47. The second-order valence-corrected chi connectivity index (χ2v) is 4.24. The van der Waals surface area contributed by atoms with Gasteiger partial charge in [0.1, 0.15) is 6.29 Å². The first-order chi connectivity index (χ1) is 10.8. The molecule has 24 heavy (non-hydrogen) atoms. The molecular formula is C13H13F9O2. The van der Waals surface area contributed by atoms with Gasteiger partial charge in [0.2, 0.25) is 0 Å². The summed E-state index contributed by atoms with van der Waals surface area (Å²) >= 11 is 0. The summed E-state index contributed by atoms with van der Waals surface area (Å²) in [6.45, 7) is 0.218. The van der Waals surface area contributed by atoms with Crippen LogP contribution in [0.5, 0.6) is 0 Å². The van der Waals surface area contributed by atoms with Gasteiger partial charge in [0.05, 0.1) is 6.67 Å². The van der Waals surface area contributed by atoms with Crippen molar-refractivity contribution in [3.05, 3.63) is 23.6 Å². The molecule has 0 aliphatic rings. The molecule has 0 spiro atoms. The van der Waals surface area contributed by atoms with Crippen LogP contribution in [0.1, 0.15) is 19.8 Å². The molecule has 0 aliphatic heterocycles. The van der Waals surface area contributed by atoms with Crippen LogP contribution in [0.15, 0.2) is 23.6 Å². The van der Waals surface area contributed by atoms with E-state index < -0.39 is 42.2 Å². The van der Waals surface area contributed by atoms with Crippen LogP contribution in [0.3, 0.4) is 0 Å². The smallest absolute Gasteiger partial charge is 0.298 e. The second-order valence-electron chi connectivity index (χ2n) is 4.24. The largest absolute Gasteiger partial charge is 0.460 e. The number of alkyl halides is 8. The normalized spacial score (nSPS) is 13.9. The van der Waals surface area contributed by atoms with Gasteiger partial charge < -0.3 is 0 Å². The van der Waals surface area contributed by atoms with Gasteiger partial charge in [-0.2, -0.15) is 30.7 Å². The number of hydrogen-bond donors (Lipinski definition) is 0. The topological polar surface area (TPSA) is 34.1 Å². The lowest BCUT2D eigenvalue weighted by Crippen LogP contribution is -2.51. The van der Waals surface area contributed by atoms with Crippen molar-refractivity contribution in [3.63, 3.8) is 0 Å². The average Bonchev–Trinajstić information content (AvgIpc) is 2.46. The van der Waals surface area contributed by atoms with E-state index in [1.165, 1.54) is 0 Å². The first kappa shape index (κ1) is 24.4. The lowest BCUT2D eigenvalue weighted by molar-refractivity contribution is -0.341. The van der Waals surface area contributed by atoms with E-state index in [1.807, 2.05) is 0 Å². The van der Waals surface area contributed by atoms with Gasteiger partial charge in [-0.15, -0.1) is 0 Å². The monoisotopic (exact) mass is 372 g/mol. The summed E-state index contributed by atoms with van der Waals surface area (Å²) in [4.78, 5) is 19.4. The Labute approximate surface area is 131 Å². The molecule has 0 aliphatic carbocycles. The fourth-order valence-corrected chi connectivity index (χ4v) is 0.965. The van der Waals surface area contributed by atoms with Crippen molar-refractivity contribution in [1.82, 2.24) is 0 Å². The zero-order chi connectivity index (χ0) is 19.6. The van der Waals surface area contributed by atoms with Crippen LogP contribution in [-0.4, -0.2) is 37.3 Å². The van der Waals surface area contributed by atoms with Crippen molar-refractivity contribution in [2.45, 2.75) is 37.8 Å². The molecule has 0 amide bonds. The molecule has 0 aromatic rings. The van der Waals surface area contributed by atoms with Crippen molar-refractivity contribution < 1.29 is 49.1 Å². The van der Waals surface area contributed by atoms with Crippen molar-refractivity contribution in [2.24, 2.45) is 0 Å². The predicted octanol–water partition coefficient (Wildman–Crippen LogP) is 4.75. The summed E-state index contributed by atoms with van der Waals surface area (Å²) in [5, 5.41) is 0. The molecule has 11 heteroatoms. The van der Waals surface area contributed by atoms with Crippen LogP contribution in [0.2, 0.25) is 0 Å². The molecule has 0 saturated carbocycles. The molecule has 0 N–H and O–H groups in total. The minimum absolute atomic E-state index is 0.109. The van der Waals surface area contributed by atoms with E-state index in [2.05, 4.69) is 0 Å². The van der Waals surface area contributed by atoms with Crippen molar-refractivity contribution in [1.29, 1.82) is 0 Å². The Morgan fingerprint density at radius 2 is 1.46 bits per heavy atom. The molecule has 0 atom stereocenters. The quantitative estimate of drug-likeness (QED) is 0.280. The Hall–Kier alpha value is -1.81. The molecule has 0 bridgehead atoms. The molecule has 0 unspecified atom stereocenters. The first-order valence-corrected chi connectivity index (χ1v) is 6.10. The summed E-state index contributed by atoms with van der Waals surface area (Å²) < 4.78 is 107. The average molecular weight is 372 g/mol. The van der Waals surface area contributed by atoms with Crippen molar-refractivity contribution >= 4 is 12.6 Å². The second kappa shape index (κ2) is 10.1. The van der Waals surface area contributed by atoms with Gasteiger partial charge in [-0.05, 0) is 37.5 Å². The van der Waals surface area contributed by atoms with E-state index in [0.29, 0.717) is 13.3 Å². The number of halogens is 9. The lowest BCUT2D eigenvalue weighted by atomic mass is 10.1. The van der Waals surface area contributed by atoms with Crippen LogP contribution in [0.25, 0.3) is 0 Å². The molecule has 0 heterocycles. The zero-order valence-electron chi connectivity index (χ0n) is 12.1. The van der Waals surface area contributed by atoms with Crippen LogP contribution in [0, 0.1) is 0 Å². The van der Waals surface area contributed by atoms with Gasteiger partial charge in [0.15, 0.2) is 12.1 Å². The predicted molar refractivity (Wildman–Crippen MR) is 66.2 cm³/mol. The van der Waals surface area contributed by atoms with E-state index in [9.17, 15) is 49.1 Å². The summed E-state index contributed by atoms with van der Waals surface area (Å²) in [6.07, 6.45) is -5.59. The van der Waals surface area contributed by atoms with Crippen LogP contribution >= 0.6 is 0 Å². The maximum Gasteiger partial charge on any atom is 0.460 e. The molecule has 0 aromatic carbocycles. The Morgan fingerprint density at radius 3 is 1.79 bits per heavy atom. The molecular weight excluding hydrogens is 359 g/mol. The van der Waals surface area contributed by atoms with Crippen LogP contribution in [-0.2, 0) is 9.59 Å². The molecule has 140 valence electrons. The number of carbonyl (C=O) groups is 2. The van der Waals surface area contributed by atoms with E-state index in [4.69, 9.17) is 0 Å². The van der Waals surface area contributed by atoms with Gasteiger partial charge in [-0.3, -0.25) is 14.0 Å². The van der Waals surface area contributed by atoms with E-state index in [-0.39, 0.29) is 19.0 Å². The number of carbonyl (C=O) groups excluding carboxylic acids is 2. The maximum absolute atomic E-state index is 12.4. The SMILES string of the molecule is CC(C=O)=CC(F)(F)C(F)(F)C(F)(F)F.O=CC(F)=CCCCF. The third kappa shape index (κ3) is 8.16. The highest BCUT2D eigenvalue weighted by Gasteiger charge is 2.72. The molecule has 0 aromatic heterocycles. The summed E-state index contributed by atoms with van der Waals surface area (Å²) in [5.74, 6) is -12.5. The first-order valence-electron chi connectivity index (χ1n) is 6.10. The molecule has 2 nitrogen and oxygen atoms in total. The summed E-state index contributed by atoms with van der Waals surface area (Å²) in [7, 11) is 0.